The summed E-state index contributed by atoms with van der Waals surface area (Å²) in [6, 6.07) is 11.0. The molecule has 0 spiro atoms. The smallest absolute Gasteiger partial charge is 0.331 e. The molecule has 220 valence electrons. The van der Waals surface area contributed by atoms with Crippen molar-refractivity contribution in [1.29, 1.82) is 5.26 Å². The Hall–Kier alpha value is -4.14. The number of amides is 3. The maximum atomic E-state index is 13.4. The monoisotopic (exact) mass is 592 g/mol. The van der Waals surface area contributed by atoms with Gasteiger partial charge in [0.2, 0.25) is 0 Å². The summed E-state index contributed by atoms with van der Waals surface area (Å²) in [6.07, 6.45) is 1.08. The number of nitriles is 1. The number of rotatable bonds is 6. The van der Waals surface area contributed by atoms with Gasteiger partial charge in [0, 0.05) is 31.0 Å². The lowest BCUT2D eigenvalue weighted by atomic mass is 9.96. The Labute approximate surface area is 247 Å². The molecule has 5 rings (SSSR count). The fourth-order valence-corrected chi connectivity index (χ4v) is 5.17. The summed E-state index contributed by atoms with van der Waals surface area (Å²) in [5.41, 5.74) is 0.749. The van der Waals surface area contributed by atoms with Crippen LogP contribution in [0.1, 0.15) is 39.2 Å². The average molecular weight is 593 g/mol. The van der Waals surface area contributed by atoms with Crippen LogP contribution in [0.25, 0.3) is 10.9 Å². The van der Waals surface area contributed by atoms with Crippen molar-refractivity contribution in [1.82, 2.24) is 14.0 Å². The average Bonchev–Trinajstić information content (AvgIpc) is 3.77. The number of halogens is 1. The number of morpholine rings is 1. The second-order valence-electron chi connectivity index (χ2n) is 12.1. The van der Waals surface area contributed by atoms with E-state index in [1.165, 1.54) is 21.6 Å². The number of aromatic nitrogens is 2. The van der Waals surface area contributed by atoms with Crippen LogP contribution in [0.15, 0.2) is 46.0 Å². The van der Waals surface area contributed by atoms with Crippen LogP contribution in [0.2, 0.25) is 5.02 Å². The molecule has 1 aromatic heterocycles. The van der Waals surface area contributed by atoms with Crippen LogP contribution >= 0.6 is 11.6 Å². The topological polar surface area (TPSA) is 138 Å². The molecule has 11 nitrogen and oxygen atoms in total. The predicted octanol–water partition coefficient (Wildman–Crippen LogP) is 4.02. The Morgan fingerprint density at radius 3 is 2.45 bits per heavy atom. The number of hydrogen-bond acceptors (Lipinski definition) is 6. The molecule has 0 bridgehead atoms. The molecule has 2 aliphatic rings. The highest BCUT2D eigenvalue weighted by Gasteiger charge is 2.30. The molecule has 1 aliphatic carbocycles. The van der Waals surface area contributed by atoms with E-state index >= 15 is 0 Å². The number of hydrogen-bond donors (Lipinski definition) is 2. The highest BCUT2D eigenvalue weighted by Crippen LogP contribution is 2.30. The van der Waals surface area contributed by atoms with E-state index in [2.05, 4.69) is 10.6 Å². The molecule has 2 heterocycles. The molecule has 0 radical (unpaired) electrons. The number of carbonyl (C=O) groups excluding carboxylic acids is 2. The van der Waals surface area contributed by atoms with E-state index in [-0.39, 0.29) is 41.4 Å². The second kappa shape index (κ2) is 11.6. The maximum absolute atomic E-state index is 13.4. The first-order valence-corrected chi connectivity index (χ1v) is 14.3. The van der Waals surface area contributed by atoms with Crippen LogP contribution in [0.3, 0.4) is 0 Å². The predicted molar refractivity (Wildman–Crippen MR) is 160 cm³/mol. The van der Waals surface area contributed by atoms with Crippen molar-refractivity contribution in [2.24, 2.45) is 11.3 Å². The Bertz CT molecular complexity index is 1710. The first kappa shape index (κ1) is 29.4. The van der Waals surface area contributed by atoms with Crippen LogP contribution in [0.4, 0.5) is 16.2 Å². The highest BCUT2D eigenvalue weighted by molar-refractivity contribution is 6.32. The van der Waals surface area contributed by atoms with Crippen LogP contribution in [0, 0.1) is 22.7 Å². The van der Waals surface area contributed by atoms with Gasteiger partial charge in [-0.2, -0.15) is 5.26 Å². The van der Waals surface area contributed by atoms with Gasteiger partial charge in [-0.3, -0.25) is 18.7 Å². The molecule has 1 saturated carbocycles. The third-order valence-electron chi connectivity index (χ3n) is 7.25. The molecule has 1 unspecified atom stereocenters. The molecule has 2 aromatic carbocycles. The third kappa shape index (κ3) is 6.50. The van der Waals surface area contributed by atoms with Crippen LogP contribution in [-0.4, -0.2) is 51.8 Å². The normalized spacial score (nSPS) is 17.1. The number of nitrogens with zero attached hydrogens (tertiary/aromatic N) is 4. The third-order valence-corrected chi connectivity index (χ3v) is 7.56. The lowest BCUT2D eigenvalue weighted by molar-refractivity contribution is -0.131. The zero-order valence-electron chi connectivity index (χ0n) is 23.8. The van der Waals surface area contributed by atoms with Crippen molar-refractivity contribution < 1.29 is 14.3 Å². The molecular weight excluding hydrogens is 560 g/mol. The van der Waals surface area contributed by atoms with Gasteiger partial charge in [-0.1, -0.05) is 32.4 Å². The van der Waals surface area contributed by atoms with Crippen molar-refractivity contribution >= 4 is 45.8 Å². The number of benzene rings is 2. The van der Waals surface area contributed by atoms with Gasteiger partial charge in [-0.05, 0) is 60.6 Å². The Morgan fingerprint density at radius 2 is 1.79 bits per heavy atom. The van der Waals surface area contributed by atoms with Gasteiger partial charge in [-0.25, -0.2) is 9.59 Å². The van der Waals surface area contributed by atoms with E-state index < -0.39 is 18.0 Å². The zero-order chi connectivity index (χ0) is 30.2. The van der Waals surface area contributed by atoms with Crippen LogP contribution in [-0.2, 0) is 22.6 Å². The van der Waals surface area contributed by atoms with Gasteiger partial charge < -0.3 is 20.3 Å². The summed E-state index contributed by atoms with van der Waals surface area (Å²) in [4.78, 5) is 54.3. The molecular formula is C30H33ClN6O5. The van der Waals surface area contributed by atoms with E-state index in [4.69, 9.17) is 21.6 Å². The number of ether oxygens (including phenoxy) is 1. The van der Waals surface area contributed by atoms with Crippen LogP contribution < -0.4 is 21.9 Å². The van der Waals surface area contributed by atoms with Gasteiger partial charge in [0.25, 0.3) is 11.5 Å². The first-order valence-electron chi connectivity index (χ1n) is 13.9. The highest BCUT2D eigenvalue weighted by atomic mass is 35.5. The van der Waals surface area contributed by atoms with Crippen molar-refractivity contribution in [3.05, 3.63) is 67.8 Å². The number of fused-ring (bicyclic) bond motifs is 1. The molecule has 1 aliphatic heterocycles. The largest absolute Gasteiger partial charge is 0.365 e. The summed E-state index contributed by atoms with van der Waals surface area (Å²) in [5, 5.41) is 15.2. The lowest BCUT2D eigenvalue weighted by Gasteiger charge is -2.32. The lowest BCUT2D eigenvalue weighted by Crippen LogP contribution is -2.51. The molecule has 2 N–H and O–H groups in total. The fourth-order valence-electron chi connectivity index (χ4n) is 4.95. The molecule has 12 heteroatoms. The van der Waals surface area contributed by atoms with Gasteiger partial charge in [0.15, 0.2) is 6.10 Å². The number of urea groups is 1. The number of carbonyl (C=O) groups is 2. The van der Waals surface area contributed by atoms with Gasteiger partial charge in [0.05, 0.1) is 34.6 Å². The van der Waals surface area contributed by atoms with Crippen molar-refractivity contribution in [3.8, 4) is 6.07 Å². The summed E-state index contributed by atoms with van der Waals surface area (Å²) in [5.74, 6) is -0.119. The molecule has 3 amide bonds. The van der Waals surface area contributed by atoms with E-state index in [0.717, 1.165) is 12.8 Å². The zero-order valence-corrected chi connectivity index (χ0v) is 24.5. The van der Waals surface area contributed by atoms with E-state index in [0.29, 0.717) is 46.8 Å². The van der Waals surface area contributed by atoms with Crippen molar-refractivity contribution in [2.75, 3.05) is 30.3 Å². The minimum absolute atomic E-state index is 0.00851. The number of anilines is 2. The van der Waals surface area contributed by atoms with Gasteiger partial charge in [-0.15, -0.1) is 0 Å². The van der Waals surface area contributed by atoms with E-state index in [1.807, 2.05) is 26.8 Å². The minimum Gasteiger partial charge on any atom is -0.365 e. The van der Waals surface area contributed by atoms with Gasteiger partial charge in [0.1, 0.15) is 6.07 Å². The first-order chi connectivity index (χ1) is 19.9. The summed E-state index contributed by atoms with van der Waals surface area (Å²) in [7, 11) is 0. The molecule has 2 fully saturated rings. The quantitative estimate of drug-likeness (QED) is 0.443. The van der Waals surface area contributed by atoms with Gasteiger partial charge >= 0.3 is 11.7 Å². The molecule has 1 atom stereocenters. The fraction of sp³-hybridized carbons (Fsp3) is 0.433. The second-order valence-corrected chi connectivity index (χ2v) is 12.5. The summed E-state index contributed by atoms with van der Waals surface area (Å²) >= 11 is 6.06. The van der Waals surface area contributed by atoms with Crippen molar-refractivity contribution in [2.45, 2.75) is 52.8 Å². The minimum atomic E-state index is -0.919. The van der Waals surface area contributed by atoms with Crippen LogP contribution in [0.5, 0.6) is 0 Å². The molecule has 3 aromatic rings. The summed E-state index contributed by atoms with van der Waals surface area (Å²) in [6.45, 7) is 7.36. The van der Waals surface area contributed by atoms with E-state index in [1.54, 1.807) is 28.8 Å². The standard InChI is InChI=1S/C30H33ClN6O5/c1-30(2,3)17-37-24-9-8-20(12-22(24)27(39)36(29(37)41)15-18-4-5-18)34-28(40)35-10-11-42-25(16-35)26(38)33-21-7-6-19(14-32)23(31)13-21/h6-9,12-13,18,25H,4-5,10-11,15-17H2,1-3H3,(H,33,38)(H,34,40). The van der Waals surface area contributed by atoms with E-state index in [9.17, 15) is 19.2 Å². The Kier molecular flexibility index (Phi) is 8.12. The SMILES string of the molecule is CC(C)(C)Cn1c(=O)n(CC2CC2)c(=O)c2cc(NC(=O)N3CCOC(C(=O)Nc4ccc(C#N)c(Cl)c4)C3)ccc21. The molecule has 42 heavy (non-hydrogen) atoms. The number of nitrogens with one attached hydrogen (secondary N) is 2. The summed E-state index contributed by atoms with van der Waals surface area (Å²) < 4.78 is 8.58. The van der Waals surface area contributed by atoms with Crippen molar-refractivity contribution in [3.63, 3.8) is 0 Å². The maximum Gasteiger partial charge on any atom is 0.331 e. The Morgan fingerprint density at radius 1 is 1.07 bits per heavy atom. The Balaban J connectivity index is 1.33. The molecule has 1 saturated heterocycles.